The van der Waals surface area contributed by atoms with E-state index in [1.165, 1.54) is 19.2 Å². The maximum Gasteiger partial charge on any atom is 0.406 e. The maximum atomic E-state index is 12.3. The van der Waals surface area contributed by atoms with Gasteiger partial charge in [0.2, 0.25) is 11.8 Å². The van der Waals surface area contributed by atoms with E-state index in [1.54, 1.807) is 0 Å². The number of thiophene rings is 1. The molecule has 0 bridgehead atoms. The van der Waals surface area contributed by atoms with Gasteiger partial charge in [0.25, 0.3) is 0 Å². The summed E-state index contributed by atoms with van der Waals surface area (Å²) in [6.45, 7) is -1.64. The minimum atomic E-state index is -4.50. The summed E-state index contributed by atoms with van der Waals surface area (Å²) in [4.78, 5) is 35.8. The average molecular weight is 350 g/mol. The van der Waals surface area contributed by atoms with Gasteiger partial charge in [-0.25, -0.2) is 4.79 Å². The van der Waals surface area contributed by atoms with Crippen LogP contribution in [0.1, 0.15) is 16.1 Å². The fourth-order valence-corrected chi connectivity index (χ4v) is 2.98. The van der Waals surface area contributed by atoms with Crippen LogP contribution in [0.15, 0.2) is 12.1 Å². The van der Waals surface area contributed by atoms with Crippen LogP contribution in [0.4, 0.5) is 18.2 Å². The Hall–Kier alpha value is -2.10. The fourth-order valence-electron chi connectivity index (χ4n) is 2.16. The van der Waals surface area contributed by atoms with E-state index in [4.69, 9.17) is 0 Å². The zero-order valence-electron chi connectivity index (χ0n) is 12.0. The molecule has 23 heavy (non-hydrogen) atoms. The van der Waals surface area contributed by atoms with E-state index < -0.39 is 36.4 Å². The number of methoxy groups -OCH3 is 1. The lowest BCUT2D eigenvalue weighted by molar-refractivity contribution is -0.157. The quantitative estimate of drug-likeness (QED) is 0.842. The second kappa shape index (κ2) is 6.57. The molecular weight excluding hydrogens is 337 g/mol. The van der Waals surface area contributed by atoms with Gasteiger partial charge in [0, 0.05) is 13.0 Å². The van der Waals surface area contributed by atoms with Crippen LogP contribution in [-0.2, 0) is 14.3 Å². The Morgan fingerprint density at radius 1 is 1.43 bits per heavy atom. The number of nitrogens with one attached hydrogen (secondary N) is 1. The highest BCUT2D eigenvalue weighted by atomic mass is 32.1. The van der Waals surface area contributed by atoms with Crippen LogP contribution in [0.5, 0.6) is 0 Å². The molecule has 1 N–H and O–H groups in total. The highest BCUT2D eigenvalue weighted by Gasteiger charge is 2.40. The van der Waals surface area contributed by atoms with E-state index in [9.17, 15) is 27.6 Å². The highest BCUT2D eigenvalue weighted by molar-refractivity contribution is 7.18. The van der Waals surface area contributed by atoms with Gasteiger partial charge in [-0.3, -0.25) is 9.59 Å². The Kier molecular flexibility index (Phi) is 4.93. The predicted molar refractivity (Wildman–Crippen MR) is 75.0 cm³/mol. The number of amides is 2. The molecule has 10 heteroatoms. The highest BCUT2D eigenvalue weighted by Crippen LogP contribution is 2.27. The van der Waals surface area contributed by atoms with Crippen LogP contribution in [-0.4, -0.2) is 49.1 Å². The van der Waals surface area contributed by atoms with Gasteiger partial charge in [0.05, 0.1) is 18.0 Å². The maximum absolute atomic E-state index is 12.3. The van der Waals surface area contributed by atoms with E-state index in [2.05, 4.69) is 10.1 Å². The van der Waals surface area contributed by atoms with Crippen LogP contribution >= 0.6 is 11.3 Å². The van der Waals surface area contributed by atoms with Crippen molar-refractivity contribution in [2.75, 3.05) is 25.5 Å². The first-order chi connectivity index (χ1) is 10.7. The zero-order chi connectivity index (χ0) is 17.2. The standard InChI is InChI=1S/C13H13F3N2O4S/c1-22-12(21)8-2-3-9(23-8)17-11(20)7-4-10(19)18(5-7)6-13(14,15)16/h2-3,7H,4-6H2,1H3,(H,17,20). The van der Waals surface area contributed by atoms with Gasteiger partial charge < -0.3 is 15.0 Å². The molecule has 1 fully saturated rings. The topological polar surface area (TPSA) is 75.7 Å². The van der Waals surface area contributed by atoms with E-state index in [0.717, 1.165) is 11.3 Å². The smallest absolute Gasteiger partial charge is 0.406 e. The molecule has 2 rings (SSSR count). The monoisotopic (exact) mass is 350 g/mol. The molecule has 0 saturated carbocycles. The molecule has 1 saturated heterocycles. The first-order valence-electron chi connectivity index (χ1n) is 6.53. The van der Waals surface area contributed by atoms with Crippen molar-refractivity contribution in [3.63, 3.8) is 0 Å². The van der Waals surface area contributed by atoms with Crippen molar-refractivity contribution in [1.29, 1.82) is 0 Å². The number of carbonyl (C=O) groups excluding carboxylic acids is 3. The van der Waals surface area contributed by atoms with Crippen molar-refractivity contribution in [3.8, 4) is 0 Å². The SMILES string of the molecule is COC(=O)c1ccc(NC(=O)C2CC(=O)N(CC(F)(F)F)C2)s1. The van der Waals surface area contributed by atoms with Gasteiger partial charge >= 0.3 is 12.1 Å². The van der Waals surface area contributed by atoms with Gasteiger partial charge in [-0.15, -0.1) is 11.3 Å². The number of esters is 1. The zero-order valence-corrected chi connectivity index (χ0v) is 12.8. The van der Waals surface area contributed by atoms with Gasteiger partial charge in [0.15, 0.2) is 0 Å². The van der Waals surface area contributed by atoms with E-state index in [1.807, 2.05) is 0 Å². The van der Waals surface area contributed by atoms with Crippen molar-refractivity contribution in [2.45, 2.75) is 12.6 Å². The lowest BCUT2D eigenvalue weighted by Crippen LogP contribution is -2.36. The molecule has 1 atom stereocenters. The molecule has 1 aromatic heterocycles. The number of anilines is 1. The Morgan fingerprint density at radius 3 is 2.74 bits per heavy atom. The van der Waals surface area contributed by atoms with Crippen LogP contribution in [0.2, 0.25) is 0 Å². The number of carbonyl (C=O) groups is 3. The third kappa shape index (κ3) is 4.44. The molecule has 1 unspecified atom stereocenters. The van der Waals surface area contributed by atoms with Gasteiger partial charge in [-0.05, 0) is 12.1 Å². The Bertz CT molecular complexity index is 629. The summed E-state index contributed by atoms with van der Waals surface area (Å²) in [5, 5.41) is 2.86. The lowest BCUT2D eigenvalue weighted by atomic mass is 10.1. The third-order valence-electron chi connectivity index (χ3n) is 3.19. The number of hydrogen-bond acceptors (Lipinski definition) is 5. The third-order valence-corrected chi connectivity index (χ3v) is 4.18. The van der Waals surface area contributed by atoms with Gasteiger partial charge in [-0.1, -0.05) is 0 Å². The second-order valence-electron chi connectivity index (χ2n) is 4.94. The number of nitrogens with zero attached hydrogens (tertiary/aromatic N) is 1. The number of halogens is 3. The van der Waals surface area contributed by atoms with Crippen molar-refractivity contribution in [3.05, 3.63) is 17.0 Å². The Labute approximate surface area is 133 Å². The lowest BCUT2D eigenvalue weighted by Gasteiger charge is -2.18. The summed E-state index contributed by atoms with van der Waals surface area (Å²) in [6.07, 6.45) is -4.76. The number of ether oxygens (including phenoxy) is 1. The van der Waals surface area contributed by atoms with E-state index in [-0.39, 0.29) is 17.8 Å². The molecule has 0 aliphatic carbocycles. The molecule has 126 valence electrons. The number of alkyl halides is 3. The first kappa shape index (κ1) is 17.3. The molecule has 6 nitrogen and oxygen atoms in total. The summed E-state index contributed by atoms with van der Waals surface area (Å²) in [7, 11) is 1.22. The van der Waals surface area contributed by atoms with Gasteiger partial charge in [-0.2, -0.15) is 13.2 Å². The molecule has 2 amide bonds. The average Bonchev–Trinajstić information content (AvgIpc) is 3.04. The number of rotatable bonds is 4. The largest absolute Gasteiger partial charge is 0.465 e. The molecule has 0 radical (unpaired) electrons. The molecule has 1 aliphatic heterocycles. The second-order valence-corrected chi connectivity index (χ2v) is 6.02. The summed E-state index contributed by atoms with van der Waals surface area (Å²) < 4.78 is 41.5. The normalized spacial score (nSPS) is 18.2. The minimum absolute atomic E-state index is 0.267. The summed E-state index contributed by atoms with van der Waals surface area (Å²) in [5.41, 5.74) is 0. The fraction of sp³-hybridized carbons (Fsp3) is 0.462. The number of hydrogen-bond donors (Lipinski definition) is 1. The van der Waals surface area contributed by atoms with Crippen molar-refractivity contribution >= 4 is 34.1 Å². The molecule has 0 aromatic carbocycles. The summed E-state index contributed by atoms with van der Waals surface area (Å²) in [6, 6.07) is 2.95. The molecular formula is C13H13F3N2O4S. The van der Waals surface area contributed by atoms with Crippen LogP contribution in [0, 0.1) is 5.92 Å². The van der Waals surface area contributed by atoms with Crippen molar-refractivity contribution in [2.24, 2.45) is 5.92 Å². The summed E-state index contributed by atoms with van der Waals surface area (Å²) >= 11 is 0.979. The predicted octanol–water partition coefficient (Wildman–Crippen LogP) is 1.88. The Morgan fingerprint density at radius 2 is 2.13 bits per heavy atom. The molecule has 2 heterocycles. The van der Waals surface area contributed by atoms with Crippen molar-refractivity contribution in [1.82, 2.24) is 4.90 Å². The molecule has 1 aliphatic rings. The van der Waals surface area contributed by atoms with Crippen LogP contribution < -0.4 is 5.32 Å². The molecule has 0 spiro atoms. The Balaban J connectivity index is 1.95. The van der Waals surface area contributed by atoms with Crippen LogP contribution in [0.3, 0.4) is 0 Å². The number of likely N-dealkylation sites (tertiary alicyclic amines) is 1. The van der Waals surface area contributed by atoms with Crippen LogP contribution in [0.25, 0.3) is 0 Å². The van der Waals surface area contributed by atoms with Gasteiger partial charge in [0.1, 0.15) is 11.4 Å². The minimum Gasteiger partial charge on any atom is -0.465 e. The van der Waals surface area contributed by atoms with E-state index >= 15 is 0 Å². The summed E-state index contributed by atoms with van der Waals surface area (Å²) in [5.74, 6) is -2.67. The van der Waals surface area contributed by atoms with E-state index in [0.29, 0.717) is 9.90 Å². The first-order valence-corrected chi connectivity index (χ1v) is 7.35. The van der Waals surface area contributed by atoms with Crippen molar-refractivity contribution < 1.29 is 32.3 Å². The molecule has 1 aromatic rings.